The average molecular weight is 370 g/mol. The molecule has 0 saturated heterocycles. The highest BCUT2D eigenvalue weighted by Gasteiger charge is 2.20. The van der Waals surface area contributed by atoms with Crippen molar-refractivity contribution < 1.29 is 13.9 Å². The number of hydrogen-bond acceptors (Lipinski definition) is 3. The molecule has 0 fully saturated rings. The molecule has 0 radical (unpaired) electrons. The van der Waals surface area contributed by atoms with Crippen LogP contribution in [-0.2, 0) is 11.2 Å². The number of halogens is 1. The number of aryl methyl sites for hydroxylation is 1. The molecule has 1 aliphatic rings. The maximum absolute atomic E-state index is 13.7. The molecule has 5 heteroatoms. The number of fused-ring (bicyclic) bond motifs is 1. The van der Waals surface area contributed by atoms with Crippen LogP contribution in [0.5, 0.6) is 5.75 Å². The van der Waals surface area contributed by atoms with Gasteiger partial charge in [-0.25, -0.2) is 4.39 Å². The van der Waals surface area contributed by atoms with Crippen LogP contribution >= 0.6 is 0 Å². The Bertz CT molecular complexity index is 765. The lowest BCUT2D eigenvalue weighted by Gasteiger charge is -2.31. The van der Waals surface area contributed by atoms with E-state index in [2.05, 4.69) is 34.5 Å². The Morgan fingerprint density at radius 3 is 2.81 bits per heavy atom. The first-order valence-corrected chi connectivity index (χ1v) is 9.70. The molecular formula is C22H27FN2O2. The summed E-state index contributed by atoms with van der Waals surface area (Å²) in [6.45, 7) is 4.39. The lowest BCUT2D eigenvalue weighted by atomic mass is 10.0. The first-order chi connectivity index (χ1) is 13.2. The quantitative estimate of drug-likeness (QED) is 0.716. The molecule has 144 valence electrons. The van der Waals surface area contributed by atoms with Crippen LogP contribution in [0, 0.1) is 5.82 Å². The highest BCUT2D eigenvalue weighted by Crippen LogP contribution is 2.26. The van der Waals surface area contributed by atoms with E-state index in [1.165, 1.54) is 17.3 Å². The molecule has 1 heterocycles. The number of rotatable bonds is 8. The molecule has 3 rings (SSSR count). The zero-order valence-corrected chi connectivity index (χ0v) is 15.8. The van der Waals surface area contributed by atoms with Gasteiger partial charge in [0.05, 0.1) is 0 Å². The summed E-state index contributed by atoms with van der Waals surface area (Å²) in [6, 6.07) is 14.7. The van der Waals surface area contributed by atoms with Crippen LogP contribution in [0.15, 0.2) is 48.5 Å². The largest absolute Gasteiger partial charge is 0.478 e. The summed E-state index contributed by atoms with van der Waals surface area (Å²) in [7, 11) is 0. The van der Waals surface area contributed by atoms with E-state index in [1.807, 2.05) is 6.92 Å². The minimum absolute atomic E-state index is 0.115. The van der Waals surface area contributed by atoms with Crippen LogP contribution in [0.1, 0.15) is 31.7 Å². The van der Waals surface area contributed by atoms with Gasteiger partial charge >= 0.3 is 0 Å². The standard InChI is InChI=1S/C22H27FN2O2/c1-2-20(27-21-13-6-4-11-18(21)23)22(26)24-14-8-16-25-15-7-10-17-9-3-5-12-19(17)25/h3-6,9,11-13,20H,2,7-8,10,14-16H2,1H3,(H,24,26)/t20-/m1/s1. The van der Waals surface area contributed by atoms with Crippen molar-refractivity contribution in [2.75, 3.05) is 24.5 Å². The van der Waals surface area contributed by atoms with E-state index in [-0.39, 0.29) is 11.7 Å². The lowest BCUT2D eigenvalue weighted by Crippen LogP contribution is -2.39. The van der Waals surface area contributed by atoms with E-state index in [1.54, 1.807) is 18.2 Å². The molecule has 0 aliphatic carbocycles. The van der Waals surface area contributed by atoms with Gasteiger partial charge in [0.15, 0.2) is 17.7 Å². The third-order valence-electron chi connectivity index (χ3n) is 4.88. The second kappa shape index (κ2) is 9.40. The van der Waals surface area contributed by atoms with Crippen molar-refractivity contribution in [3.63, 3.8) is 0 Å². The molecule has 0 spiro atoms. The predicted molar refractivity (Wildman–Crippen MR) is 106 cm³/mol. The van der Waals surface area contributed by atoms with Crippen LogP contribution in [0.3, 0.4) is 0 Å². The maximum atomic E-state index is 13.7. The van der Waals surface area contributed by atoms with Gasteiger partial charge in [-0.1, -0.05) is 37.3 Å². The first-order valence-electron chi connectivity index (χ1n) is 9.70. The van der Waals surface area contributed by atoms with Crippen molar-refractivity contribution in [1.29, 1.82) is 0 Å². The fourth-order valence-corrected chi connectivity index (χ4v) is 3.45. The zero-order chi connectivity index (χ0) is 19.1. The highest BCUT2D eigenvalue weighted by atomic mass is 19.1. The summed E-state index contributed by atoms with van der Waals surface area (Å²) in [5.41, 5.74) is 2.71. The van der Waals surface area contributed by atoms with Crippen LogP contribution in [0.25, 0.3) is 0 Å². The smallest absolute Gasteiger partial charge is 0.261 e. The average Bonchev–Trinajstić information content (AvgIpc) is 2.70. The van der Waals surface area contributed by atoms with E-state index < -0.39 is 11.9 Å². The van der Waals surface area contributed by atoms with Crippen LogP contribution in [0.4, 0.5) is 10.1 Å². The predicted octanol–water partition coefficient (Wildman–Crippen LogP) is 3.94. The molecule has 1 N–H and O–H groups in total. The number of amides is 1. The number of anilines is 1. The fourth-order valence-electron chi connectivity index (χ4n) is 3.45. The van der Waals surface area contributed by atoms with Gasteiger partial charge in [-0.3, -0.25) is 4.79 Å². The normalized spacial score (nSPS) is 14.4. The molecule has 0 unspecified atom stereocenters. The van der Waals surface area contributed by atoms with Gasteiger partial charge in [0.2, 0.25) is 0 Å². The number of benzene rings is 2. The second-order valence-electron chi connectivity index (χ2n) is 6.81. The van der Waals surface area contributed by atoms with Crippen LogP contribution in [0.2, 0.25) is 0 Å². The van der Waals surface area contributed by atoms with Gasteiger partial charge in [0, 0.05) is 25.3 Å². The van der Waals surface area contributed by atoms with Crippen molar-refractivity contribution in [3.05, 3.63) is 59.9 Å². The van der Waals surface area contributed by atoms with Gasteiger partial charge in [0.1, 0.15) is 0 Å². The molecule has 0 saturated carbocycles. The van der Waals surface area contributed by atoms with E-state index in [9.17, 15) is 9.18 Å². The van der Waals surface area contributed by atoms with Crippen molar-refractivity contribution in [1.82, 2.24) is 5.32 Å². The molecule has 2 aromatic rings. The SMILES string of the molecule is CC[C@@H](Oc1ccccc1F)C(=O)NCCCN1CCCc2ccccc21. The summed E-state index contributed by atoms with van der Waals surface area (Å²) in [5.74, 6) is -0.531. The van der Waals surface area contributed by atoms with Crippen molar-refractivity contribution in [3.8, 4) is 5.75 Å². The minimum Gasteiger partial charge on any atom is -0.478 e. The summed E-state index contributed by atoms with van der Waals surface area (Å²) in [6.07, 6.45) is 2.96. The van der Waals surface area contributed by atoms with Gasteiger partial charge in [0.25, 0.3) is 5.91 Å². The van der Waals surface area contributed by atoms with Crippen LogP contribution < -0.4 is 15.0 Å². The van der Waals surface area contributed by atoms with Crippen molar-refractivity contribution >= 4 is 11.6 Å². The topological polar surface area (TPSA) is 41.6 Å². The Morgan fingerprint density at radius 2 is 2.00 bits per heavy atom. The Balaban J connectivity index is 1.46. The zero-order valence-electron chi connectivity index (χ0n) is 15.8. The van der Waals surface area contributed by atoms with E-state index >= 15 is 0 Å². The minimum atomic E-state index is -0.683. The fraction of sp³-hybridized carbons (Fsp3) is 0.409. The maximum Gasteiger partial charge on any atom is 0.261 e. The first kappa shape index (κ1) is 19.2. The number of hydrogen-bond donors (Lipinski definition) is 1. The Hall–Kier alpha value is -2.56. The summed E-state index contributed by atoms with van der Waals surface area (Å²) in [4.78, 5) is 14.8. The molecule has 0 aromatic heterocycles. The van der Waals surface area contributed by atoms with Crippen LogP contribution in [-0.4, -0.2) is 31.6 Å². The molecule has 1 aliphatic heterocycles. The Labute approximate surface area is 160 Å². The molecule has 1 atom stereocenters. The number of nitrogens with zero attached hydrogens (tertiary/aromatic N) is 1. The van der Waals surface area contributed by atoms with E-state index in [0.717, 1.165) is 32.4 Å². The number of ether oxygens (including phenoxy) is 1. The summed E-state index contributed by atoms with van der Waals surface area (Å²) < 4.78 is 19.3. The highest BCUT2D eigenvalue weighted by molar-refractivity contribution is 5.81. The molecule has 2 aromatic carbocycles. The van der Waals surface area contributed by atoms with Crippen molar-refractivity contribution in [2.24, 2.45) is 0 Å². The number of carbonyl (C=O) groups excluding carboxylic acids is 1. The summed E-state index contributed by atoms with van der Waals surface area (Å²) >= 11 is 0. The number of para-hydroxylation sites is 2. The van der Waals surface area contributed by atoms with Crippen molar-refractivity contribution in [2.45, 2.75) is 38.7 Å². The summed E-state index contributed by atoms with van der Waals surface area (Å²) in [5, 5.41) is 2.92. The van der Waals surface area contributed by atoms with E-state index in [4.69, 9.17) is 4.74 Å². The third-order valence-corrected chi connectivity index (χ3v) is 4.88. The number of nitrogens with one attached hydrogen (secondary N) is 1. The molecule has 1 amide bonds. The third kappa shape index (κ3) is 5.00. The van der Waals surface area contributed by atoms with Gasteiger partial charge < -0.3 is 15.0 Å². The molecule has 27 heavy (non-hydrogen) atoms. The lowest BCUT2D eigenvalue weighted by molar-refractivity contribution is -0.128. The van der Waals surface area contributed by atoms with Gasteiger partial charge in [-0.05, 0) is 49.4 Å². The molecule has 4 nitrogen and oxygen atoms in total. The second-order valence-corrected chi connectivity index (χ2v) is 6.81. The number of carbonyl (C=O) groups is 1. The van der Waals surface area contributed by atoms with E-state index in [0.29, 0.717) is 13.0 Å². The Kier molecular flexibility index (Phi) is 6.69. The van der Waals surface area contributed by atoms with Gasteiger partial charge in [-0.2, -0.15) is 0 Å². The monoisotopic (exact) mass is 370 g/mol. The molecular weight excluding hydrogens is 343 g/mol. The molecule has 0 bridgehead atoms. The Morgan fingerprint density at radius 1 is 1.22 bits per heavy atom. The van der Waals surface area contributed by atoms with Gasteiger partial charge in [-0.15, -0.1) is 0 Å².